The second kappa shape index (κ2) is 7.58. The van der Waals surface area contributed by atoms with Crippen LogP contribution in [0.4, 0.5) is 0 Å². The number of aryl methyl sites for hydroxylation is 1. The van der Waals surface area contributed by atoms with Crippen molar-refractivity contribution in [2.75, 3.05) is 0 Å². The van der Waals surface area contributed by atoms with E-state index in [-0.39, 0.29) is 0 Å². The molecule has 0 amide bonds. The maximum absolute atomic E-state index is 4.62. The molecule has 27 heavy (non-hydrogen) atoms. The van der Waals surface area contributed by atoms with Gasteiger partial charge in [0.25, 0.3) is 0 Å². The second-order valence-corrected chi connectivity index (χ2v) is 8.31. The van der Waals surface area contributed by atoms with E-state index in [2.05, 4.69) is 62.0 Å². The minimum atomic E-state index is 0.302. The van der Waals surface area contributed by atoms with Crippen molar-refractivity contribution in [3.63, 3.8) is 0 Å². The van der Waals surface area contributed by atoms with Crippen molar-refractivity contribution >= 4 is 23.3 Å². The summed E-state index contributed by atoms with van der Waals surface area (Å²) in [6, 6.07) is 12.1. The quantitative estimate of drug-likeness (QED) is 0.486. The molecule has 136 valence electrons. The van der Waals surface area contributed by atoms with Crippen LogP contribution in [0.3, 0.4) is 0 Å². The summed E-state index contributed by atoms with van der Waals surface area (Å²) in [4.78, 5) is 8.85. The maximum Gasteiger partial charge on any atom is 0.203 e. The molecule has 0 fully saturated rings. The van der Waals surface area contributed by atoms with Crippen molar-refractivity contribution in [2.45, 2.75) is 36.2 Å². The molecule has 3 heterocycles. The lowest BCUT2D eigenvalue weighted by Crippen LogP contribution is -2.01. The van der Waals surface area contributed by atoms with Gasteiger partial charge in [0.2, 0.25) is 5.16 Å². The van der Waals surface area contributed by atoms with E-state index >= 15 is 0 Å². The van der Waals surface area contributed by atoms with Crippen molar-refractivity contribution in [3.8, 4) is 17.1 Å². The Hall–Kier alpha value is -2.58. The van der Waals surface area contributed by atoms with E-state index in [1.165, 1.54) is 23.3 Å². The van der Waals surface area contributed by atoms with E-state index in [1.54, 1.807) is 12.4 Å². The van der Waals surface area contributed by atoms with Crippen LogP contribution in [0.2, 0.25) is 0 Å². The summed E-state index contributed by atoms with van der Waals surface area (Å²) in [5.74, 6) is 1.92. The summed E-state index contributed by atoms with van der Waals surface area (Å²) in [5, 5.41) is 9.66. The summed E-state index contributed by atoms with van der Waals surface area (Å²) in [6.45, 7) is 6.26. The normalized spacial score (nSPS) is 11.3. The molecule has 0 atom stereocenters. The fourth-order valence-electron chi connectivity index (χ4n) is 2.62. The molecular formula is C19H18N6S2. The minimum Gasteiger partial charge on any atom is -0.269 e. The molecule has 0 aliphatic carbocycles. The molecule has 3 aromatic heterocycles. The molecule has 0 aliphatic heterocycles. The highest BCUT2D eigenvalue weighted by Gasteiger charge is 2.20. The number of pyridine rings is 1. The molecule has 4 rings (SSSR count). The molecule has 8 heteroatoms. The second-order valence-electron chi connectivity index (χ2n) is 6.35. The van der Waals surface area contributed by atoms with Crippen LogP contribution >= 0.6 is 23.3 Å². The smallest absolute Gasteiger partial charge is 0.203 e. The zero-order chi connectivity index (χ0) is 18.8. The Kier molecular flexibility index (Phi) is 5.00. The largest absolute Gasteiger partial charge is 0.269 e. The molecule has 6 nitrogen and oxygen atoms in total. The van der Waals surface area contributed by atoms with Gasteiger partial charge in [0.15, 0.2) is 10.2 Å². The van der Waals surface area contributed by atoms with Crippen LogP contribution < -0.4 is 0 Å². The average Bonchev–Trinajstić information content (AvgIpc) is 3.31. The monoisotopic (exact) mass is 394 g/mol. The Morgan fingerprint density at radius 2 is 1.93 bits per heavy atom. The molecule has 1 aromatic carbocycles. The van der Waals surface area contributed by atoms with Gasteiger partial charge >= 0.3 is 0 Å². The van der Waals surface area contributed by atoms with Crippen molar-refractivity contribution in [1.82, 2.24) is 29.1 Å². The number of benzene rings is 1. The van der Waals surface area contributed by atoms with Crippen molar-refractivity contribution in [2.24, 2.45) is 0 Å². The average molecular weight is 395 g/mol. The SMILES string of the molecule is Cc1ccccc1-n1c(Sc2nc(C(C)C)ns2)nnc1-c1cccnc1. The molecular weight excluding hydrogens is 376 g/mol. The number of rotatable bonds is 5. The molecule has 0 unspecified atom stereocenters. The zero-order valence-corrected chi connectivity index (χ0v) is 16.8. The van der Waals surface area contributed by atoms with Gasteiger partial charge in [0.1, 0.15) is 5.82 Å². The first-order chi connectivity index (χ1) is 13.1. The van der Waals surface area contributed by atoms with Crippen LogP contribution in [0.5, 0.6) is 0 Å². The lowest BCUT2D eigenvalue weighted by molar-refractivity contribution is 0.788. The summed E-state index contributed by atoms with van der Waals surface area (Å²) >= 11 is 2.88. The summed E-state index contributed by atoms with van der Waals surface area (Å²) < 4.78 is 7.36. The fraction of sp³-hybridized carbons (Fsp3) is 0.211. The highest BCUT2D eigenvalue weighted by Crippen LogP contribution is 2.34. The Bertz CT molecular complexity index is 1060. The van der Waals surface area contributed by atoms with E-state index in [0.717, 1.165) is 38.0 Å². The number of aromatic nitrogens is 6. The van der Waals surface area contributed by atoms with E-state index in [4.69, 9.17) is 0 Å². The van der Waals surface area contributed by atoms with Crippen LogP contribution in [0.25, 0.3) is 17.1 Å². The van der Waals surface area contributed by atoms with E-state index in [0.29, 0.717) is 5.92 Å². The van der Waals surface area contributed by atoms with Crippen molar-refractivity contribution < 1.29 is 0 Å². The molecule has 0 spiro atoms. The van der Waals surface area contributed by atoms with Crippen LogP contribution in [0.15, 0.2) is 58.3 Å². The number of hydrogen-bond acceptors (Lipinski definition) is 7. The number of nitrogens with zero attached hydrogens (tertiary/aromatic N) is 6. The highest BCUT2D eigenvalue weighted by atomic mass is 32.2. The van der Waals surface area contributed by atoms with Gasteiger partial charge in [-0.1, -0.05) is 32.0 Å². The van der Waals surface area contributed by atoms with Gasteiger partial charge in [-0.2, -0.15) is 4.37 Å². The molecule has 0 saturated carbocycles. The highest BCUT2D eigenvalue weighted by molar-refractivity contribution is 8.00. The van der Waals surface area contributed by atoms with Gasteiger partial charge in [-0.3, -0.25) is 9.55 Å². The van der Waals surface area contributed by atoms with Gasteiger partial charge in [-0.15, -0.1) is 10.2 Å². The van der Waals surface area contributed by atoms with Gasteiger partial charge < -0.3 is 0 Å². The molecule has 0 N–H and O–H groups in total. The Balaban J connectivity index is 1.82. The Morgan fingerprint density at radius 1 is 1.07 bits per heavy atom. The lowest BCUT2D eigenvalue weighted by atomic mass is 10.2. The van der Waals surface area contributed by atoms with Crippen LogP contribution in [-0.4, -0.2) is 29.1 Å². The minimum absolute atomic E-state index is 0.302. The van der Waals surface area contributed by atoms with Crippen LogP contribution in [0, 0.1) is 6.92 Å². The van der Waals surface area contributed by atoms with Gasteiger partial charge in [0.05, 0.1) is 5.69 Å². The van der Waals surface area contributed by atoms with Crippen LogP contribution in [0.1, 0.15) is 31.2 Å². The van der Waals surface area contributed by atoms with Crippen molar-refractivity contribution in [3.05, 3.63) is 60.2 Å². The van der Waals surface area contributed by atoms with E-state index in [1.807, 2.05) is 24.3 Å². The summed E-state index contributed by atoms with van der Waals surface area (Å²) in [6.07, 6.45) is 3.55. The van der Waals surface area contributed by atoms with Crippen LogP contribution in [-0.2, 0) is 0 Å². The molecule has 0 saturated heterocycles. The summed E-state index contributed by atoms with van der Waals surface area (Å²) in [5.41, 5.74) is 3.10. The molecule has 0 aliphatic rings. The third kappa shape index (κ3) is 3.63. The Labute approximate surface area is 165 Å². The first-order valence-corrected chi connectivity index (χ1v) is 10.2. The molecule has 4 aromatic rings. The molecule has 0 bridgehead atoms. The predicted molar refractivity (Wildman–Crippen MR) is 107 cm³/mol. The number of hydrogen-bond donors (Lipinski definition) is 0. The summed E-state index contributed by atoms with van der Waals surface area (Å²) in [7, 11) is 0. The van der Waals surface area contributed by atoms with Crippen molar-refractivity contribution in [1.29, 1.82) is 0 Å². The van der Waals surface area contributed by atoms with E-state index < -0.39 is 0 Å². The van der Waals surface area contributed by atoms with Gasteiger partial charge in [0, 0.05) is 23.9 Å². The fourth-order valence-corrected chi connectivity index (χ4v) is 4.32. The van der Waals surface area contributed by atoms with E-state index in [9.17, 15) is 0 Å². The van der Waals surface area contributed by atoms with Gasteiger partial charge in [-0.05, 0) is 54.0 Å². The third-order valence-corrected chi connectivity index (χ3v) is 5.74. The first kappa shape index (κ1) is 17.8. The topological polar surface area (TPSA) is 69.4 Å². The third-order valence-electron chi connectivity index (χ3n) is 4.03. The zero-order valence-electron chi connectivity index (χ0n) is 15.2. The first-order valence-electron chi connectivity index (χ1n) is 8.56. The standard InChI is InChI=1S/C19H18N6S2/c1-12(2)16-21-19(27-24-16)26-18-23-22-17(14-8-6-10-20-11-14)25(18)15-9-5-4-7-13(15)3/h4-12H,1-3H3. The lowest BCUT2D eigenvalue weighted by Gasteiger charge is -2.12. The predicted octanol–water partition coefficient (Wildman–Crippen LogP) is 4.76. The van der Waals surface area contributed by atoms with Gasteiger partial charge in [-0.25, -0.2) is 4.98 Å². The molecule has 0 radical (unpaired) electrons. The Morgan fingerprint density at radius 3 is 2.63 bits per heavy atom. The maximum atomic E-state index is 4.62. The number of para-hydroxylation sites is 1.